The predicted molar refractivity (Wildman–Crippen MR) is 63.3 cm³/mol. The molecule has 0 saturated heterocycles. The maximum absolute atomic E-state index is 10.8. The third-order valence-corrected chi connectivity index (χ3v) is 3.19. The van der Waals surface area contributed by atoms with Gasteiger partial charge in [0.1, 0.15) is 11.5 Å². The van der Waals surface area contributed by atoms with E-state index in [1.807, 2.05) is 18.2 Å². The second kappa shape index (κ2) is 4.73. The zero-order valence-electron chi connectivity index (χ0n) is 9.04. The van der Waals surface area contributed by atoms with Crippen LogP contribution in [0.5, 0.6) is 5.75 Å². The molecular formula is C12H12O4S. The average Bonchev–Trinajstić information content (AvgIpc) is 2.30. The van der Waals surface area contributed by atoms with Crippen molar-refractivity contribution >= 4 is 10.1 Å². The summed E-state index contributed by atoms with van der Waals surface area (Å²) in [6, 6.07) is 5.62. The quantitative estimate of drug-likeness (QED) is 0.840. The van der Waals surface area contributed by atoms with Crippen molar-refractivity contribution < 1.29 is 17.7 Å². The lowest BCUT2D eigenvalue weighted by molar-refractivity contribution is 0.438. The van der Waals surface area contributed by atoms with E-state index >= 15 is 0 Å². The van der Waals surface area contributed by atoms with Crippen LogP contribution in [0.4, 0.5) is 0 Å². The molecular weight excluding hydrogens is 240 g/mol. The molecule has 0 aliphatic heterocycles. The van der Waals surface area contributed by atoms with Gasteiger partial charge >= 0.3 is 0 Å². The molecule has 0 fully saturated rings. The van der Waals surface area contributed by atoms with E-state index in [1.165, 1.54) is 24.3 Å². The van der Waals surface area contributed by atoms with Gasteiger partial charge in [-0.1, -0.05) is 6.08 Å². The SMILES string of the molecule is O=S(=O)(O)c1ccc(OC2=CCCC=C2)cc1. The van der Waals surface area contributed by atoms with E-state index in [1.54, 1.807) is 0 Å². The molecule has 0 saturated carbocycles. The molecule has 0 atom stereocenters. The smallest absolute Gasteiger partial charge is 0.294 e. The lowest BCUT2D eigenvalue weighted by atomic mass is 10.2. The Morgan fingerprint density at radius 1 is 1.12 bits per heavy atom. The van der Waals surface area contributed by atoms with Crippen LogP contribution in [0, 0.1) is 0 Å². The van der Waals surface area contributed by atoms with Crippen LogP contribution in [0.3, 0.4) is 0 Å². The minimum absolute atomic E-state index is 0.141. The molecule has 0 heterocycles. The highest BCUT2D eigenvalue weighted by molar-refractivity contribution is 7.85. The molecule has 2 rings (SSSR count). The van der Waals surface area contributed by atoms with E-state index < -0.39 is 10.1 Å². The minimum Gasteiger partial charge on any atom is -0.458 e. The van der Waals surface area contributed by atoms with Crippen LogP contribution in [0.15, 0.2) is 53.1 Å². The molecule has 90 valence electrons. The highest BCUT2D eigenvalue weighted by Crippen LogP contribution is 2.20. The Kier molecular flexibility index (Phi) is 3.31. The van der Waals surface area contributed by atoms with Crippen molar-refractivity contribution in [3.8, 4) is 5.75 Å². The number of rotatable bonds is 3. The molecule has 17 heavy (non-hydrogen) atoms. The van der Waals surface area contributed by atoms with Crippen molar-refractivity contribution in [1.82, 2.24) is 0 Å². The lowest BCUT2D eigenvalue weighted by Gasteiger charge is -2.09. The third kappa shape index (κ3) is 3.18. The maximum Gasteiger partial charge on any atom is 0.294 e. The Balaban J connectivity index is 2.14. The van der Waals surface area contributed by atoms with Gasteiger partial charge in [0.15, 0.2) is 0 Å². The van der Waals surface area contributed by atoms with Crippen LogP contribution in [0.25, 0.3) is 0 Å². The van der Waals surface area contributed by atoms with Gasteiger partial charge in [0.05, 0.1) is 4.90 Å². The summed E-state index contributed by atoms with van der Waals surface area (Å²) in [5.74, 6) is 1.28. The molecule has 5 heteroatoms. The third-order valence-electron chi connectivity index (χ3n) is 2.32. The summed E-state index contributed by atoms with van der Waals surface area (Å²) in [4.78, 5) is -0.141. The van der Waals surface area contributed by atoms with E-state index in [4.69, 9.17) is 9.29 Å². The van der Waals surface area contributed by atoms with Crippen LogP contribution >= 0.6 is 0 Å². The Morgan fingerprint density at radius 3 is 2.35 bits per heavy atom. The molecule has 4 nitrogen and oxygen atoms in total. The molecule has 0 aromatic heterocycles. The van der Waals surface area contributed by atoms with Gasteiger partial charge in [-0.05, 0) is 49.3 Å². The summed E-state index contributed by atoms with van der Waals surface area (Å²) < 4.78 is 36.0. The zero-order valence-corrected chi connectivity index (χ0v) is 9.85. The summed E-state index contributed by atoms with van der Waals surface area (Å²) in [5, 5.41) is 0. The highest BCUT2D eigenvalue weighted by atomic mass is 32.2. The van der Waals surface area contributed by atoms with Gasteiger partial charge in [-0.25, -0.2) is 0 Å². The van der Waals surface area contributed by atoms with Crippen LogP contribution in [0.1, 0.15) is 12.8 Å². The summed E-state index contributed by atoms with van der Waals surface area (Å²) in [6.07, 6.45) is 7.81. The van der Waals surface area contributed by atoms with Crippen molar-refractivity contribution in [2.45, 2.75) is 17.7 Å². The Hall–Kier alpha value is -1.59. The van der Waals surface area contributed by atoms with Gasteiger partial charge in [0.2, 0.25) is 0 Å². The Morgan fingerprint density at radius 2 is 1.82 bits per heavy atom. The van der Waals surface area contributed by atoms with Crippen molar-refractivity contribution in [2.24, 2.45) is 0 Å². The predicted octanol–water partition coefficient (Wildman–Crippen LogP) is 2.55. The van der Waals surface area contributed by atoms with E-state index in [9.17, 15) is 8.42 Å². The number of benzene rings is 1. The fourth-order valence-corrected chi connectivity index (χ4v) is 1.96. The number of hydrogen-bond donors (Lipinski definition) is 1. The van der Waals surface area contributed by atoms with Crippen LogP contribution in [-0.2, 0) is 10.1 Å². The molecule has 0 unspecified atom stereocenters. The summed E-state index contributed by atoms with van der Waals surface area (Å²) in [6.45, 7) is 0. The second-order valence-corrected chi connectivity index (χ2v) is 5.06. The van der Waals surface area contributed by atoms with E-state index in [0.717, 1.165) is 18.6 Å². The van der Waals surface area contributed by atoms with E-state index in [-0.39, 0.29) is 4.90 Å². The highest BCUT2D eigenvalue weighted by Gasteiger charge is 2.09. The first kappa shape index (κ1) is 11.9. The first-order chi connectivity index (χ1) is 8.05. The van der Waals surface area contributed by atoms with Crippen molar-refractivity contribution in [3.63, 3.8) is 0 Å². The largest absolute Gasteiger partial charge is 0.458 e. The Labute approximate surface area is 100.0 Å². The zero-order chi connectivity index (χ0) is 12.3. The second-order valence-electron chi connectivity index (χ2n) is 3.63. The van der Waals surface area contributed by atoms with Crippen molar-refractivity contribution in [1.29, 1.82) is 0 Å². The van der Waals surface area contributed by atoms with Crippen molar-refractivity contribution in [2.75, 3.05) is 0 Å². The monoisotopic (exact) mass is 252 g/mol. The Bertz CT molecular complexity index is 553. The molecule has 0 amide bonds. The summed E-state index contributed by atoms with van der Waals surface area (Å²) in [5.41, 5.74) is 0. The van der Waals surface area contributed by atoms with Gasteiger partial charge in [-0.2, -0.15) is 8.42 Å². The molecule has 1 aliphatic rings. The number of allylic oxidation sites excluding steroid dienone is 3. The molecule has 1 aromatic carbocycles. The van der Waals surface area contributed by atoms with Crippen LogP contribution in [-0.4, -0.2) is 13.0 Å². The first-order valence-electron chi connectivity index (χ1n) is 5.18. The van der Waals surface area contributed by atoms with E-state index in [0.29, 0.717) is 5.75 Å². The van der Waals surface area contributed by atoms with Crippen LogP contribution < -0.4 is 4.74 Å². The number of ether oxygens (including phenoxy) is 1. The van der Waals surface area contributed by atoms with Gasteiger partial charge < -0.3 is 4.74 Å². The van der Waals surface area contributed by atoms with E-state index in [2.05, 4.69) is 0 Å². The maximum atomic E-state index is 10.8. The van der Waals surface area contributed by atoms with Gasteiger partial charge in [-0.15, -0.1) is 0 Å². The molecule has 1 N–H and O–H groups in total. The molecule has 1 aliphatic carbocycles. The minimum atomic E-state index is -4.14. The van der Waals surface area contributed by atoms with Gasteiger partial charge in [-0.3, -0.25) is 4.55 Å². The molecule has 0 spiro atoms. The fraction of sp³-hybridized carbons (Fsp3) is 0.167. The summed E-state index contributed by atoms with van der Waals surface area (Å²) in [7, 11) is -4.14. The lowest BCUT2D eigenvalue weighted by Crippen LogP contribution is -1.99. The molecule has 0 radical (unpaired) electrons. The number of hydrogen-bond acceptors (Lipinski definition) is 3. The summed E-state index contributed by atoms with van der Waals surface area (Å²) >= 11 is 0. The van der Waals surface area contributed by atoms with Gasteiger partial charge in [0.25, 0.3) is 10.1 Å². The normalized spacial score (nSPS) is 15.5. The molecule has 0 bridgehead atoms. The standard InChI is InChI=1S/C12H12O4S/c13-17(14,15)12-8-6-11(7-9-12)16-10-4-2-1-3-5-10/h2,4-9H,1,3H2,(H,13,14,15). The molecule has 1 aromatic rings. The van der Waals surface area contributed by atoms with Gasteiger partial charge in [0, 0.05) is 0 Å². The average molecular weight is 252 g/mol. The fourth-order valence-electron chi connectivity index (χ4n) is 1.48. The first-order valence-corrected chi connectivity index (χ1v) is 6.62. The topological polar surface area (TPSA) is 63.6 Å². The van der Waals surface area contributed by atoms with Crippen molar-refractivity contribution in [3.05, 3.63) is 48.3 Å². The van der Waals surface area contributed by atoms with Crippen LogP contribution in [0.2, 0.25) is 0 Å².